The highest BCUT2D eigenvalue weighted by molar-refractivity contribution is 5.92. The summed E-state index contributed by atoms with van der Waals surface area (Å²) in [6, 6.07) is 0. The summed E-state index contributed by atoms with van der Waals surface area (Å²) in [6.45, 7) is 3.36. The highest BCUT2D eigenvalue weighted by atomic mass is 16.1. The number of Topliss-reactive ketones (excluding diaryl/α,β-unsaturated/α-hetero) is 2. The zero-order valence-corrected chi connectivity index (χ0v) is 8.04. The van der Waals surface area contributed by atoms with Crippen molar-refractivity contribution in [2.24, 2.45) is 0 Å². The van der Waals surface area contributed by atoms with Crippen molar-refractivity contribution in [3.05, 3.63) is 11.8 Å². The van der Waals surface area contributed by atoms with Crippen LogP contribution in [0.1, 0.15) is 26.7 Å². The Hall–Kier alpha value is -1.25. The minimum absolute atomic E-state index is 0.0252. The summed E-state index contributed by atoms with van der Waals surface area (Å²) in [6.07, 6.45) is 5.61. The number of carbonyl (C=O) groups excluding carboxylic acids is 2. The summed E-state index contributed by atoms with van der Waals surface area (Å²) in [5.41, 5.74) is 0.654. The van der Waals surface area contributed by atoms with Gasteiger partial charge in [0, 0.05) is 20.3 Å². The van der Waals surface area contributed by atoms with Gasteiger partial charge >= 0.3 is 0 Å². The smallest absolute Gasteiger partial charge is 0.244 e. The molecular formula is C10H14NO2+. The molecule has 1 heterocycles. The molecule has 0 saturated heterocycles. The molecule has 1 aliphatic rings. The number of rotatable bonds is 3. The minimum Gasteiger partial charge on any atom is -0.293 e. The first-order chi connectivity index (χ1) is 6.11. The summed E-state index contributed by atoms with van der Waals surface area (Å²) >= 11 is 0. The maximum atomic E-state index is 11.1. The Bertz CT molecular complexity index is 300. The molecule has 0 aromatic heterocycles. The van der Waals surface area contributed by atoms with Crippen molar-refractivity contribution in [1.29, 1.82) is 0 Å². The third-order valence-corrected chi connectivity index (χ3v) is 1.92. The molecule has 0 N–H and O–H groups in total. The van der Waals surface area contributed by atoms with Crippen molar-refractivity contribution in [3.63, 3.8) is 0 Å². The molecule has 0 aliphatic carbocycles. The monoisotopic (exact) mass is 180 g/mol. The molecule has 0 saturated carbocycles. The molecule has 0 unspecified atom stereocenters. The van der Waals surface area contributed by atoms with Crippen LogP contribution in [0.2, 0.25) is 0 Å². The average Bonchev–Trinajstić information content (AvgIpc) is 2.03. The summed E-state index contributed by atoms with van der Waals surface area (Å²) in [4.78, 5) is 22.0. The molecule has 1 aliphatic heterocycles. The van der Waals surface area contributed by atoms with Crippen LogP contribution in [-0.4, -0.2) is 28.9 Å². The second-order valence-corrected chi connectivity index (χ2v) is 3.24. The first-order valence-electron chi connectivity index (χ1n) is 4.42. The van der Waals surface area contributed by atoms with Crippen molar-refractivity contribution >= 4 is 17.8 Å². The van der Waals surface area contributed by atoms with E-state index in [0.717, 1.165) is 12.8 Å². The lowest BCUT2D eigenvalue weighted by atomic mass is 10.1. The van der Waals surface area contributed by atoms with Gasteiger partial charge in [0.05, 0.1) is 0 Å². The van der Waals surface area contributed by atoms with Gasteiger partial charge in [0.1, 0.15) is 6.21 Å². The Morgan fingerprint density at radius 1 is 1.38 bits per heavy atom. The van der Waals surface area contributed by atoms with Crippen LogP contribution in [0.15, 0.2) is 11.8 Å². The van der Waals surface area contributed by atoms with E-state index in [9.17, 15) is 9.59 Å². The van der Waals surface area contributed by atoms with Crippen molar-refractivity contribution in [2.75, 3.05) is 6.54 Å². The van der Waals surface area contributed by atoms with E-state index in [4.69, 9.17) is 0 Å². The number of ketones is 2. The summed E-state index contributed by atoms with van der Waals surface area (Å²) in [7, 11) is 0. The molecule has 0 atom stereocenters. The number of hydrogen-bond acceptors (Lipinski definition) is 2. The van der Waals surface area contributed by atoms with Gasteiger partial charge in [-0.2, -0.15) is 4.58 Å². The van der Waals surface area contributed by atoms with Crippen molar-refractivity contribution in [2.45, 2.75) is 26.7 Å². The fourth-order valence-electron chi connectivity index (χ4n) is 1.40. The Morgan fingerprint density at radius 2 is 2.08 bits per heavy atom. The van der Waals surface area contributed by atoms with Gasteiger partial charge in [-0.3, -0.25) is 9.59 Å². The third kappa shape index (κ3) is 2.61. The van der Waals surface area contributed by atoms with Gasteiger partial charge in [-0.1, -0.05) is 0 Å². The van der Waals surface area contributed by atoms with Crippen LogP contribution in [-0.2, 0) is 9.59 Å². The SMILES string of the molecule is CC(=O)C[N+]1=CCCC=C1C(C)=O. The van der Waals surface area contributed by atoms with E-state index in [1.807, 2.05) is 12.3 Å². The fraction of sp³-hybridized carbons (Fsp3) is 0.500. The molecule has 0 fully saturated rings. The van der Waals surface area contributed by atoms with Gasteiger partial charge < -0.3 is 0 Å². The molecular weight excluding hydrogens is 166 g/mol. The van der Waals surface area contributed by atoms with Crippen LogP contribution in [0.5, 0.6) is 0 Å². The molecule has 3 heteroatoms. The number of carbonyl (C=O) groups is 2. The van der Waals surface area contributed by atoms with Crippen LogP contribution in [0.4, 0.5) is 0 Å². The predicted molar refractivity (Wildman–Crippen MR) is 49.9 cm³/mol. The van der Waals surface area contributed by atoms with Crippen LogP contribution in [0.25, 0.3) is 0 Å². The van der Waals surface area contributed by atoms with Crippen molar-refractivity contribution < 1.29 is 14.2 Å². The largest absolute Gasteiger partial charge is 0.293 e. The van der Waals surface area contributed by atoms with E-state index in [1.54, 1.807) is 4.58 Å². The second kappa shape index (κ2) is 4.12. The second-order valence-electron chi connectivity index (χ2n) is 3.24. The molecule has 0 aromatic rings. The molecule has 0 spiro atoms. The van der Waals surface area contributed by atoms with E-state index in [0.29, 0.717) is 12.2 Å². The lowest BCUT2D eigenvalue weighted by Crippen LogP contribution is -2.25. The molecule has 13 heavy (non-hydrogen) atoms. The van der Waals surface area contributed by atoms with Crippen molar-refractivity contribution in [3.8, 4) is 0 Å². The van der Waals surface area contributed by atoms with Gasteiger partial charge in [-0.25, -0.2) is 0 Å². The van der Waals surface area contributed by atoms with E-state index < -0.39 is 0 Å². The zero-order chi connectivity index (χ0) is 9.84. The topological polar surface area (TPSA) is 37.1 Å². The molecule has 0 aromatic carbocycles. The van der Waals surface area contributed by atoms with Crippen LogP contribution >= 0.6 is 0 Å². The van der Waals surface area contributed by atoms with Gasteiger partial charge in [-0.15, -0.1) is 0 Å². The average molecular weight is 180 g/mol. The lowest BCUT2D eigenvalue weighted by Gasteiger charge is -2.06. The lowest BCUT2D eigenvalue weighted by molar-refractivity contribution is -0.456. The number of hydrogen-bond donors (Lipinski definition) is 0. The van der Waals surface area contributed by atoms with Crippen LogP contribution < -0.4 is 0 Å². The quantitative estimate of drug-likeness (QED) is 0.606. The third-order valence-electron chi connectivity index (χ3n) is 1.92. The van der Waals surface area contributed by atoms with E-state index in [2.05, 4.69) is 0 Å². The molecule has 0 bridgehead atoms. The number of allylic oxidation sites excluding steroid dienone is 2. The highest BCUT2D eigenvalue weighted by Gasteiger charge is 2.21. The summed E-state index contributed by atoms with van der Waals surface area (Å²) in [5, 5.41) is 0. The van der Waals surface area contributed by atoms with E-state index in [1.165, 1.54) is 13.8 Å². The summed E-state index contributed by atoms with van der Waals surface area (Å²) in [5.74, 6) is 0.0995. The Balaban J connectivity index is 2.81. The molecule has 0 radical (unpaired) electrons. The molecule has 3 nitrogen and oxygen atoms in total. The Labute approximate surface area is 77.8 Å². The highest BCUT2D eigenvalue weighted by Crippen LogP contribution is 2.07. The Kier molecular flexibility index (Phi) is 3.12. The predicted octanol–water partition coefficient (Wildman–Crippen LogP) is 0.925. The first-order valence-corrected chi connectivity index (χ1v) is 4.42. The maximum Gasteiger partial charge on any atom is 0.244 e. The van der Waals surface area contributed by atoms with Crippen molar-refractivity contribution in [1.82, 2.24) is 0 Å². The number of nitrogens with zero attached hydrogens (tertiary/aromatic N) is 1. The molecule has 0 amide bonds. The van der Waals surface area contributed by atoms with Gasteiger partial charge in [-0.05, 0) is 12.5 Å². The van der Waals surface area contributed by atoms with Crippen LogP contribution in [0.3, 0.4) is 0 Å². The zero-order valence-electron chi connectivity index (χ0n) is 8.04. The standard InChI is InChI=1S/C10H14NO2/c1-8(12)7-11-6-4-3-5-10(11)9(2)13/h5-6H,3-4,7H2,1-2H3/q+1. The Morgan fingerprint density at radius 3 is 2.62 bits per heavy atom. The van der Waals surface area contributed by atoms with E-state index >= 15 is 0 Å². The van der Waals surface area contributed by atoms with Gasteiger partial charge in [0.25, 0.3) is 0 Å². The van der Waals surface area contributed by atoms with Gasteiger partial charge in [0.2, 0.25) is 18.0 Å². The van der Waals surface area contributed by atoms with Crippen LogP contribution in [0, 0.1) is 0 Å². The first kappa shape index (κ1) is 9.84. The van der Waals surface area contributed by atoms with Gasteiger partial charge in [0.15, 0.2) is 5.78 Å². The van der Waals surface area contributed by atoms with E-state index in [-0.39, 0.29) is 11.6 Å². The normalized spacial score (nSPS) is 16.2. The summed E-state index contributed by atoms with van der Waals surface area (Å²) < 4.78 is 1.74. The minimum atomic E-state index is 0.0252. The maximum absolute atomic E-state index is 11.1. The molecule has 1 rings (SSSR count). The fourth-order valence-corrected chi connectivity index (χ4v) is 1.40. The molecule has 70 valence electrons.